The molecule has 270 valence electrons. The number of rotatable bonds is 6. The number of nitrogens with zero attached hydrogens (tertiary/aromatic N) is 2. The summed E-state index contributed by atoms with van der Waals surface area (Å²) in [4.78, 5) is 2.40. The van der Waals surface area contributed by atoms with Crippen molar-refractivity contribution in [2.75, 3.05) is 4.90 Å². The molecule has 0 atom stereocenters. The lowest BCUT2D eigenvalue weighted by Crippen LogP contribution is -2.14. The lowest BCUT2D eigenvalue weighted by Gasteiger charge is -2.27. The molecule has 0 aliphatic heterocycles. The highest BCUT2D eigenvalue weighted by molar-refractivity contribution is 6.12. The Morgan fingerprint density at radius 3 is 1.81 bits per heavy atom. The second-order valence-electron chi connectivity index (χ2n) is 15.7. The molecule has 57 heavy (non-hydrogen) atoms. The first kappa shape index (κ1) is 33.2. The largest absolute Gasteiger partial charge is 0.310 e. The van der Waals surface area contributed by atoms with Crippen molar-refractivity contribution in [2.24, 2.45) is 0 Å². The maximum absolute atomic E-state index is 2.41. The highest BCUT2D eigenvalue weighted by atomic mass is 15.1. The molecule has 1 aliphatic rings. The minimum Gasteiger partial charge on any atom is -0.310 e. The van der Waals surface area contributed by atoms with Crippen molar-refractivity contribution in [3.8, 4) is 39.1 Å². The smallest absolute Gasteiger partial charge is 0.0541 e. The van der Waals surface area contributed by atoms with E-state index in [1.807, 2.05) is 0 Å². The van der Waals surface area contributed by atoms with Gasteiger partial charge in [0.05, 0.1) is 16.7 Å². The van der Waals surface area contributed by atoms with E-state index in [0.29, 0.717) is 0 Å². The molecule has 0 saturated carbocycles. The summed E-state index contributed by atoms with van der Waals surface area (Å²) in [7, 11) is 0. The summed E-state index contributed by atoms with van der Waals surface area (Å²) >= 11 is 0. The Labute approximate surface area is 333 Å². The Kier molecular flexibility index (Phi) is 7.55. The van der Waals surface area contributed by atoms with E-state index >= 15 is 0 Å². The van der Waals surface area contributed by atoms with Gasteiger partial charge in [-0.25, -0.2) is 0 Å². The molecule has 0 spiro atoms. The van der Waals surface area contributed by atoms with Gasteiger partial charge in [-0.1, -0.05) is 153 Å². The monoisotopic (exact) mass is 728 g/mol. The molecule has 0 saturated heterocycles. The molecule has 0 radical (unpaired) electrons. The van der Waals surface area contributed by atoms with E-state index in [1.165, 1.54) is 82.8 Å². The third-order valence-corrected chi connectivity index (χ3v) is 12.2. The number of fused-ring (bicyclic) bond motifs is 7. The summed E-state index contributed by atoms with van der Waals surface area (Å²) in [6.07, 6.45) is 0. The summed E-state index contributed by atoms with van der Waals surface area (Å²) in [5.41, 5.74) is 17.3. The first-order valence-electron chi connectivity index (χ1n) is 19.9. The number of para-hydroxylation sites is 3. The van der Waals surface area contributed by atoms with Crippen LogP contribution in [0, 0.1) is 0 Å². The zero-order chi connectivity index (χ0) is 38.1. The molecule has 0 amide bonds. The van der Waals surface area contributed by atoms with Crippen molar-refractivity contribution in [3.05, 3.63) is 217 Å². The van der Waals surface area contributed by atoms with Crippen molar-refractivity contribution >= 4 is 49.6 Å². The highest BCUT2D eigenvalue weighted by Gasteiger charge is 2.35. The summed E-state index contributed by atoms with van der Waals surface area (Å²) < 4.78 is 2.38. The molecule has 0 bridgehead atoms. The maximum Gasteiger partial charge on any atom is 0.0541 e. The molecule has 2 nitrogen and oxygen atoms in total. The van der Waals surface area contributed by atoms with E-state index in [1.54, 1.807) is 0 Å². The number of anilines is 3. The molecule has 0 unspecified atom stereocenters. The summed E-state index contributed by atoms with van der Waals surface area (Å²) in [6.45, 7) is 4.70. The Morgan fingerprint density at radius 1 is 0.368 bits per heavy atom. The van der Waals surface area contributed by atoms with Gasteiger partial charge in [0.15, 0.2) is 0 Å². The SMILES string of the molecule is CC1(C)c2ccccc2-c2ccc(-c3ccc(N(c4ccccc4)c4cccc5c(-c6ccc7c(c6)c6ccccc6n7-c6ccccc6)cccc45)cc3)cc21. The van der Waals surface area contributed by atoms with Gasteiger partial charge in [-0.15, -0.1) is 0 Å². The van der Waals surface area contributed by atoms with Gasteiger partial charge in [-0.2, -0.15) is 0 Å². The van der Waals surface area contributed by atoms with Gasteiger partial charge in [-0.3, -0.25) is 0 Å². The van der Waals surface area contributed by atoms with Crippen LogP contribution in [0.2, 0.25) is 0 Å². The van der Waals surface area contributed by atoms with Crippen molar-refractivity contribution in [1.29, 1.82) is 0 Å². The van der Waals surface area contributed by atoms with Crippen LogP contribution in [-0.4, -0.2) is 4.57 Å². The van der Waals surface area contributed by atoms with Crippen LogP contribution < -0.4 is 4.90 Å². The quantitative estimate of drug-likeness (QED) is 0.165. The fraction of sp³-hybridized carbons (Fsp3) is 0.0545. The number of aromatic nitrogens is 1. The molecule has 10 aromatic rings. The number of hydrogen-bond acceptors (Lipinski definition) is 1. The third-order valence-electron chi connectivity index (χ3n) is 12.2. The molecular weight excluding hydrogens is 689 g/mol. The summed E-state index contributed by atoms with van der Waals surface area (Å²) in [5, 5.41) is 4.93. The summed E-state index contributed by atoms with van der Waals surface area (Å²) in [5.74, 6) is 0. The molecule has 1 heterocycles. The van der Waals surface area contributed by atoms with Crippen molar-refractivity contribution in [3.63, 3.8) is 0 Å². The van der Waals surface area contributed by atoms with Gasteiger partial charge in [0.2, 0.25) is 0 Å². The Balaban J connectivity index is 1.01. The molecule has 0 fully saturated rings. The van der Waals surface area contributed by atoms with Crippen molar-refractivity contribution in [1.82, 2.24) is 4.57 Å². The fourth-order valence-corrected chi connectivity index (χ4v) is 9.43. The van der Waals surface area contributed by atoms with E-state index in [9.17, 15) is 0 Å². The average molecular weight is 729 g/mol. The lowest BCUT2D eigenvalue weighted by molar-refractivity contribution is 0.660. The maximum atomic E-state index is 2.41. The average Bonchev–Trinajstić information content (AvgIpc) is 3.72. The van der Waals surface area contributed by atoms with Crippen molar-refractivity contribution < 1.29 is 0 Å². The molecule has 2 heteroatoms. The Bertz CT molecular complexity index is 3130. The fourth-order valence-electron chi connectivity index (χ4n) is 9.43. The van der Waals surface area contributed by atoms with Crippen LogP contribution >= 0.6 is 0 Å². The molecule has 0 N–H and O–H groups in total. The van der Waals surface area contributed by atoms with E-state index in [4.69, 9.17) is 0 Å². The zero-order valence-electron chi connectivity index (χ0n) is 32.0. The first-order valence-corrected chi connectivity index (χ1v) is 19.9. The minimum atomic E-state index is -0.0357. The van der Waals surface area contributed by atoms with Crippen LogP contribution in [-0.2, 0) is 5.41 Å². The van der Waals surface area contributed by atoms with E-state index in [2.05, 4.69) is 230 Å². The van der Waals surface area contributed by atoms with Crippen LogP contribution in [0.25, 0.3) is 71.6 Å². The molecule has 1 aromatic heterocycles. The van der Waals surface area contributed by atoms with Crippen LogP contribution in [0.4, 0.5) is 17.1 Å². The molecule has 9 aromatic carbocycles. The van der Waals surface area contributed by atoms with Crippen molar-refractivity contribution in [2.45, 2.75) is 19.3 Å². The predicted molar refractivity (Wildman–Crippen MR) is 241 cm³/mol. The molecule has 1 aliphatic carbocycles. The second-order valence-corrected chi connectivity index (χ2v) is 15.7. The second kappa shape index (κ2) is 13.0. The molecular formula is C55H40N2. The van der Waals surface area contributed by atoms with Gasteiger partial charge in [0.25, 0.3) is 0 Å². The highest BCUT2D eigenvalue weighted by Crippen LogP contribution is 2.50. The van der Waals surface area contributed by atoms with Crippen LogP contribution in [0.5, 0.6) is 0 Å². The number of benzene rings is 9. The van der Waals surface area contributed by atoms with Crippen LogP contribution in [0.15, 0.2) is 206 Å². The third kappa shape index (κ3) is 5.25. The summed E-state index contributed by atoms with van der Waals surface area (Å²) in [6, 6.07) is 75.5. The Morgan fingerprint density at radius 2 is 0.965 bits per heavy atom. The normalized spacial score (nSPS) is 12.9. The molecule has 11 rings (SSSR count). The van der Waals surface area contributed by atoms with Gasteiger partial charge in [0, 0.05) is 38.6 Å². The van der Waals surface area contributed by atoms with Gasteiger partial charge >= 0.3 is 0 Å². The van der Waals surface area contributed by atoms with Gasteiger partial charge < -0.3 is 9.47 Å². The number of hydrogen-bond donors (Lipinski definition) is 0. The van der Waals surface area contributed by atoms with E-state index in [0.717, 1.165) is 17.1 Å². The standard InChI is InChI=1S/C55H40N2/c1-55(2)50-24-11-9-19-45(50)46-33-29-38(36-51(46)55)37-27-31-42(32-28-37)56(40-15-5-3-6-16-40)52-26-14-22-44-43(21-13-23-47(44)52)39-30-34-54-49(35-39)48-20-10-12-25-53(48)57(54)41-17-7-4-8-18-41/h3-36H,1-2H3. The van der Waals surface area contributed by atoms with Gasteiger partial charge in [0.1, 0.15) is 0 Å². The van der Waals surface area contributed by atoms with Gasteiger partial charge in [-0.05, 0) is 117 Å². The predicted octanol–water partition coefficient (Wildman–Crippen LogP) is 15.0. The van der Waals surface area contributed by atoms with Crippen LogP contribution in [0.3, 0.4) is 0 Å². The first-order chi connectivity index (χ1) is 28.0. The Hall–Kier alpha value is -7.16. The topological polar surface area (TPSA) is 8.17 Å². The zero-order valence-corrected chi connectivity index (χ0v) is 32.0. The van der Waals surface area contributed by atoms with E-state index in [-0.39, 0.29) is 5.41 Å². The minimum absolute atomic E-state index is 0.0357. The van der Waals surface area contributed by atoms with E-state index < -0.39 is 0 Å². The van der Waals surface area contributed by atoms with Crippen LogP contribution in [0.1, 0.15) is 25.0 Å². The lowest BCUT2D eigenvalue weighted by atomic mass is 9.81.